The topological polar surface area (TPSA) is 104 Å². The Morgan fingerprint density at radius 2 is 2.00 bits per heavy atom. The van der Waals surface area contributed by atoms with E-state index in [-0.39, 0.29) is 23.9 Å². The zero-order valence-electron chi connectivity index (χ0n) is 13.6. The van der Waals surface area contributed by atoms with E-state index in [0.717, 1.165) is 8.75 Å². The highest BCUT2D eigenvalue weighted by Crippen LogP contribution is 2.22. The highest BCUT2D eigenvalue weighted by atomic mass is 79.9. The number of fused-ring (bicyclic) bond motifs is 1. The molecule has 3 aromatic rings. The molecule has 3 heterocycles. The summed E-state index contributed by atoms with van der Waals surface area (Å²) in [5, 5.41) is 5.77. The van der Waals surface area contributed by atoms with Crippen LogP contribution in [0.4, 0.5) is 0 Å². The Kier molecular flexibility index (Phi) is 5.19. The number of nitrogens with one attached hydrogen (secondary N) is 3. The largest absolute Gasteiger partial charge is 0.348 e. The molecular formula is C15H17BrN6O2S. The first-order valence-electron chi connectivity index (χ1n) is 7.66. The molecule has 0 aliphatic heterocycles. The summed E-state index contributed by atoms with van der Waals surface area (Å²) in [7, 11) is 0. The molecule has 3 N–H and O–H groups in total. The van der Waals surface area contributed by atoms with Crippen molar-refractivity contribution in [2.24, 2.45) is 0 Å². The standard InChI is InChI=1S/C15H17BrN6O2S/c1-8(19-13(23)10-4-17-7-18-10)3-9(2)20-14(24)11-5-22-6-12(16)25-15(22)21-11/h4-9H,3H2,1-2H3,(H,17,18)(H,19,23)(H,20,24). The summed E-state index contributed by atoms with van der Waals surface area (Å²) in [5.74, 6) is -0.449. The Bertz CT molecular complexity index is 856. The molecule has 2 atom stereocenters. The predicted molar refractivity (Wildman–Crippen MR) is 97.8 cm³/mol. The fraction of sp³-hybridized carbons (Fsp3) is 0.333. The van der Waals surface area contributed by atoms with Crippen molar-refractivity contribution >= 4 is 44.0 Å². The van der Waals surface area contributed by atoms with Crippen molar-refractivity contribution < 1.29 is 9.59 Å². The highest BCUT2D eigenvalue weighted by Gasteiger charge is 2.18. The van der Waals surface area contributed by atoms with Crippen molar-refractivity contribution in [1.29, 1.82) is 0 Å². The van der Waals surface area contributed by atoms with E-state index >= 15 is 0 Å². The molecule has 3 rings (SSSR count). The minimum Gasteiger partial charge on any atom is -0.348 e. The van der Waals surface area contributed by atoms with Gasteiger partial charge in [-0.25, -0.2) is 9.97 Å². The molecule has 8 nitrogen and oxygen atoms in total. The Labute approximate surface area is 156 Å². The van der Waals surface area contributed by atoms with E-state index in [2.05, 4.69) is 41.5 Å². The van der Waals surface area contributed by atoms with Gasteiger partial charge in [0.05, 0.1) is 16.3 Å². The van der Waals surface area contributed by atoms with Gasteiger partial charge in [-0.05, 0) is 36.2 Å². The van der Waals surface area contributed by atoms with Crippen LogP contribution in [0.15, 0.2) is 28.7 Å². The molecule has 0 saturated carbocycles. The number of nitrogens with zero attached hydrogens (tertiary/aromatic N) is 3. The van der Waals surface area contributed by atoms with E-state index in [4.69, 9.17) is 0 Å². The zero-order valence-corrected chi connectivity index (χ0v) is 16.0. The summed E-state index contributed by atoms with van der Waals surface area (Å²) in [4.78, 5) is 35.9. The number of halogens is 1. The lowest BCUT2D eigenvalue weighted by Gasteiger charge is -2.19. The van der Waals surface area contributed by atoms with Gasteiger partial charge in [0.2, 0.25) is 0 Å². The summed E-state index contributed by atoms with van der Waals surface area (Å²) in [6, 6.07) is -0.219. The number of carbonyl (C=O) groups is 2. The van der Waals surface area contributed by atoms with Gasteiger partial charge in [-0.3, -0.25) is 14.0 Å². The SMILES string of the molecule is CC(CC(C)NC(=O)c1cnc[nH]1)NC(=O)c1cn2cc(Br)sc2n1. The normalized spacial score (nSPS) is 13.6. The van der Waals surface area contributed by atoms with Crippen molar-refractivity contribution in [3.63, 3.8) is 0 Å². The first kappa shape index (κ1) is 17.6. The average Bonchev–Trinajstić information content (AvgIpc) is 3.21. The van der Waals surface area contributed by atoms with Gasteiger partial charge in [0.1, 0.15) is 11.4 Å². The van der Waals surface area contributed by atoms with Crippen LogP contribution in [0.3, 0.4) is 0 Å². The number of carbonyl (C=O) groups excluding carboxylic acids is 2. The van der Waals surface area contributed by atoms with Gasteiger partial charge < -0.3 is 15.6 Å². The van der Waals surface area contributed by atoms with Gasteiger partial charge in [0, 0.05) is 24.5 Å². The van der Waals surface area contributed by atoms with Crippen LogP contribution in [0.2, 0.25) is 0 Å². The molecule has 0 spiro atoms. The lowest BCUT2D eigenvalue weighted by molar-refractivity contribution is 0.0923. The summed E-state index contributed by atoms with van der Waals surface area (Å²) in [6.07, 6.45) is 7.08. The van der Waals surface area contributed by atoms with E-state index in [9.17, 15) is 9.59 Å². The monoisotopic (exact) mass is 424 g/mol. The maximum atomic E-state index is 12.3. The lowest BCUT2D eigenvalue weighted by Crippen LogP contribution is -2.40. The fourth-order valence-electron chi connectivity index (χ4n) is 2.50. The Hall–Kier alpha value is -2.20. The second kappa shape index (κ2) is 7.36. The molecule has 0 radical (unpaired) electrons. The highest BCUT2D eigenvalue weighted by molar-refractivity contribution is 9.11. The number of rotatable bonds is 6. The lowest BCUT2D eigenvalue weighted by atomic mass is 10.1. The molecular weight excluding hydrogens is 408 g/mol. The van der Waals surface area contributed by atoms with Crippen LogP contribution >= 0.6 is 27.3 Å². The third-order valence-electron chi connectivity index (χ3n) is 3.57. The number of thiazole rings is 1. The minimum atomic E-state index is -0.230. The average molecular weight is 425 g/mol. The van der Waals surface area contributed by atoms with Crippen LogP contribution in [0.5, 0.6) is 0 Å². The van der Waals surface area contributed by atoms with Crippen LogP contribution in [0.25, 0.3) is 4.96 Å². The molecule has 10 heteroatoms. The first-order chi connectivity index (χ1) is 11.9. The zero-order chi connectivity index (χ0) is 18.0. The molecule has 0 aromatic carbocycles. The Morgan fingerprint density at radius 3 is 2.64 bits per heavy atom. The third-order valence-corrected chi connectivity index (χ3v) is 5.04. The minimum absolute atomic E-state index is 0.104. The quantitative estimate of drug-likeness (QED) is 0.563. The summed E-state index contributed by atoms with van der Waals surface area (Å²) in [6.45, 7) is 3.78. The van der Waals surface area contributed by atoms with E-state index < -0.39 is 0 Å². The maximum Gasteiger partial charge on any atom is 0.271 e. The van der Waals surface area contributed by atoms with Gasteiger partial charge in [0.25, 0.3) is 11.8 Å². The summed E-state index contributed by atoms with van der Waals surface area (Å²) >= 11 is 4.84. The molecule has 0 saturated heterocycles. The van der Waals surface area contributed by atoms with Gasteiger partial charge >= 0.3 is 0 Å². The van der Waals surface area contributed by atoms with Crippen LogP contribution in [-0.2, 0) is 0 Å². The Morgan fingerprint density at radius 1 is 1.28 bits per heavy atom. The number of imidazole rings is 2. The number of aromatic nitrogens is 4. The molecule has 25 heavy (non-hydrogen) atoms. The molecule has 132 valence electrons. The van der Waals surface area contributed by atoms with Gasteiger partial charge in [-0.15, -0.1) is 0 Å². The second-order valence-electron chi connectivity index (χ2n) is 5.80. The smallest absolute Gasteiger partial charge is 0.271 e. The van der Waals surface area contributed by atoms with Crippen LogP contribution in [0.1, 0.15) is 41.2 Å². The van der Waals surface area contributed by atoms with Crippen LogP contribution in [0, 0.1) is 0 Å². The van der Waals surface area contributed by atoms with E-state index in [1.54, 1.807) is 6.20 Å². The van der Waals surface area contributed by atoms with Crippen molar-refractivity contribution in [1.82, 2.24) is 30.0 Å². The van der Waals surface area contributed by atoms with Crippen molar-refractivity contribution in [2.75, 3.05) is 0 Å². The second-order valence-corrected chi connectivity index (χ2v) is 8.19. The molecule has 2 amide bonds. The summed E-state index contributed by atoms with van der Waals surface area (Å²) < 4.78 is 2.76. The number of H-pyrrole nitrogens is 1. The van der Waals surface area contributed by atoms with Crippen LogP contribution in [-0.4, -0.2) is 43.3 Å². The van der Waals surface area contributed by atoms with E-state index in [0.29, 0.717) is 17.8 Å². The van der Waals surface area contributed by atoms with Crippen molar-refractivity contribution in [2.45, 2.75) is 32.4 Å². The summed E-state index contributed by atoms with van der Waals surface area (Å²) in [5.41, 5.74) is 0.785. The molecule has 0 bridgehead atoms. The number of hydrogen-bond acceptors (Lipinski definition) is 5. The number of amides is 2. The Balaban J connectivity index is 1.52. The third kappa shape index (κ3) is 4.26. The van der Waals surface area contributed by atoms with Gasteiger partial charge in [0.15, 0.2) is 4.96 Å². The number of hydrogen-bond donors (Lipinski definition) is 3. The van der Waals surface area contributed by atoms with Crippen LogP contribution < -0.4 is 10.6 Å². The molecule has 0 aliphatic rings. The molecule has 3 aromatic heterocycles. The van der Waals surface area contributed by atoms with Crippen molar-refractivity contribution in [3.05, 3.63) is 40.1 Å². The molecule has 0 aliphatic carbocycles. The van der Waals surface area contributed by atoms with E-state index in [1.807, 2.05) is 24.4 Å². The predicted octanol–water partition coefficient (Wildman–Crippen LogP) is 2.21. The molecule has 0 fully saturated rings. The van der Waals surface area contributed by atoms with Gasteiger partial charge in [-0.2, -0.15) is 0 Å². The number of aromatic amines is 1. The molecule has 2 unspecified atom stereocenters. The first-order valence-corrected chi connectivity index (χ1v) is 9.27. The van der Waals surface area contributed by atoms with Gasteiger partial charge in [-0.1, -0.05) is 11.3 Å². The fourth-order valence-corrected chi connectivity index (χ4v) is 3.85. The van der Waals surface area contributed by atoms with E-state index in [1.165, 1.54) is 23.9 Å². The van der Waals surface area contributed by atoms with Crippen molar-refractivity contribution in [3.8, 4) is 0 Å². The maximum absolute atomic E-state index is 12.3.